The Morgan fingerprint density at radius 1 is 0.917 bits per heavy atom. The summed E-state index contributed by atoms with van der Waals surface area (Å²) in [6.07, 6.45) is -4.39. The van der Waals surface area contributed by atoms with E-state index < -0.39 is 24.3 Å². The van der Waals surface area contributed by atoms with Crippen LogP contribution in [0.1, 0.15) is 53.8 Å². The number of aliphatic carboxylic acids is 2. The Labute approximate surface area is 270 Å². The summed E-state index contributed by atoms with van der Waals surface area (Å²) in [4.78, 5) is 39.9. The van der Waals surface area contributed by atoms with E-state index in [9.17, 15) is 31.1 Å². The van der Waals surface area contributed by atoms with Crippen molar-refractivity contribution in [1.82, 2.24) is 20.6 Å². The molecular formula is C30H35F6N7O5. The zero-order valence-electron chi connectivity index (χ0n) is 25.6. The number of nitrogens with zero attached hydrogens (tertiary/aromatic N) is 2. The van der Waals surface area contributed by atoms with E-state index in [-0.39, 0.29) is 29.8 Å². The number of aryl methyl sites for hydroxylation is 2. The smallest absolute Gasteiger partial charge is 0.475 e. The number of carboxylic acid groups (broad SMARTS) is 2. The van der Waals surface area contributed by atoms with Gasteiger partial charge in [-0.3, -0.25) is 10.2 Å². The summed E-state index contributed by atoms with van der Waals surface area (Å²) < 4.78 is 63.5. The van der Waals surface area contributed by atoms with Gasteiger partial charge in [0, 0.05) is 24.0 Å². The van der Waals surface area contributed by atoms with Crippen molar-refractivity contribution in [2.45, 2.75) is 69.9 Å². The van der Waals surface area contributed by atoms with E-state index in [1.54, 1.807) is 0 Å². The lowest BCUT2D eigenvalue weighted by Crippen LogP contribution is -2.50. The maximum absolute atomic E-state index is 12.9. The number of benzene rings is 2. The Morgan fingerprint density at radius 2 is 1.48 bits per heavy atom. The number of fused-ring (bicyclic) bond motifs is 1. The number of carboxylic acids is 2. The molecule has 0 spiro atoms. The predicted molar refractivity (Wildman–Crippen MR) is 163 cm³/mol. The molecule has 0 bridgehead atoms. The number of guanidine groups is 1. The van der Waals surface area contributed by atoms with Crippen molar-refractivity contribution in [2.24, 2.45) is 5.73 Å². The van der Waals surface area contributed by atoms with Gasteiger partial charge in [0.2, 0.25) is 5.82 Å². The third-order valence-corrected chi connectivity index (χ3v) is 6.74. The van der Waals surface area contributed by atoms with E-state index >= 15 is 0 Å². The lowest BCUT2D eigenvalue weighted by atomic mass is 9.90. The van der Waals surface area contributed by atoms with Crippen LogP contribution in [-0.2, 0) is 16.0 Å². The number of anilines is 1. The fourth-order valence-electron chi connectivity index (χ4n) is 4.52. The minimum atomic E-state index is -5.08. The van der Waals surface area contributed by atoms with Crippen molar-refractivity contribution < 1.29 is 50.9 Å². The molecule has 0 radical (unpaired) electrons. The first-order chi connectivity index (χ1) is 22.4. The van der Waals surface area contributed by atoms with Crippen LogP contribution in [0, 0.1) is 12.3 Å². The number of nitrogens with two attached hydrogens (primary N) is 1. The van der Waals surface area contributed by atoms with Gasteiger partial charge in [-0.15, -0.1) is 0 Å². The molecule has 1 aliphatic rings. The van der Waals surface area contributed by atoms with Crippen molar-refractivity contribution in [2.75, 3.05) is 11.9 Å². The third-order valence-electron chi connectivity index (χ3n) is 6.74. The van der Waals surface area contributed by atoms with Gasteiger partial charge in [0.05, 0.1) is 5.52 Å². The number of amides is 1. The maximum atomic E-state index is 12.9. The largest absolute Gasteiger partial charge is 0.490 e. The molecule has 1 heterocycles. The van der Waals surface area contributed by atoms with E-state index in [2.05, 4.69) is 38.1 Å². The molecule has 0 saturated heterocycles. The Bertz CT molecular complexity index is 1530. The van der Waals surface area contributed by atoms with Crippen LogP contribution >= 0.6 is 0 Å². The monoisotopic (exact) mass is 687 g/mol. The van der Waals surface area contributed by atoms with Gasteiger partial charge < -0.3 is 31.9 Å². The highest BCUT2D eigenvalue weighted by Crippen LogP contribution is 2.27. The standard InChI is InChI=1S/C26H33N7O.2C2HF3O2/c1-17-13-14-20-19(16-17)23(31-21-11-5-6-12-22(21)32-26(27)28)33-24(30-20)25(34)29-15-7-10-18-8-3-2-4-9-18;2*3-2(4,5)1(6)7/h2-4,8-9,13-14,16,21-22H,5-7,10-12,15H2,1H3,(H,29,34)(H4,27,28,32)(H,30,31,33);2*(H,6,7). The first kappa shape index (κ1) is 39.0. The molecule has 8 N–H and O–H groups in total. The quantitative estimate of drug-likeness (QED) is 0.0748. The molecule has 12 nitrogen and oxygen atoms in total. The van der Waals surface area contributed by atoms with Gasteiger partial charge in [-0.2, -0.15) is 26.3 Å². The molecule has 1 aliphatic carbocycles. The van der Waals surface area contributed by atoms with E-state index in [0.29, 0.717) is 12.4 Å². The van der Waals surface area contributed by atoms with E-state index in [4.69, 9.17) is 30.9 Å². The Kier molecular flexibility index (Phi) is 14.4. The molecule has 2 aromatic carbocycles. The predicted octanol–water partition coefficient (Wildman–Crippen LogP) is 4.77. The molecule has 48 heavy (non-hydrogen) atoms. The summed E-state index contributed by atoms with van der Waals surface area (Å²) in [7, 11) is 0. The number of nitrogens with one attached hydrogen (secondary N) is 4. The van der Waals surface area contributed by atoms with Gasteiger partial charge in [0.15, 0.2) is 5.96 Å². The average molecular weight is 688 g/mol. The minimum Gasteiger partial charge on any atom is -0.475 e. The topological polar surface area (TPSA) is 203 Å². The lowest BCUT2D eigenvalue weighted by molar-refractivity contribution is -0.193. The number of hydrogen-bond acceptors (Lipinski definition) is 7. The van der Waals surface area contributed by atoms with Crippen LogP contribution < -0.4 is 21.7 Å². The highest BCUT2D eigenvalue weighted by atomic mass is 19.4. The van der Waals surface area contributed by atoms with Gasteiger partial charge in [0.1, 0.15) is 5.82 Å². The summed E-state index contributed by atoms with van der Waals surface area (Å²) in [6, 6.07) is 16.3. The number of carbonyl (C=O) groups excluding carboxylic acids is 1. The van der Waals surface area contributed by atoms with E-state index in [1.807, 2.05) is 43.3 Å². The summed E-state index contributed by atoms with van der Waals surface area (Å²) in [6.45, 7) is 2.58. The van der Waals surface area contributed by atoms with Crippen molar-refractivity contribution >= 4 is 40.5 Å². The number of rotatable bonds is 8. The lowest BCUT2D eigenvalue weighted by Gasteiger charge is -2.33. The zero-order valence-corrected chi connectivity index (χ0v) is 25.6. The number of halogens is 6. The Morgan fingerprint density at radius 3 is 2.02 bits per heavy atom. The maximum Gasteiger partial charge on any atom is 0.490 e. The van der Waals surface area contributed by atoms with Crippen LogP contribution in [0.2, 0.25) is 0 Å². The van der Waals surface area contributed by atoms with Crippen molar-refractivity contribution in [1.29, 1.82) is 5.41 Å². The first-order valence-electron chi connectivity index (χ1n) is 14.5. The second-order valence-corrected chi connectivity index (χ2v) is 10.6. The van der Waals surface area contributed by atoms with Gasteiger partial charge in [-0.1, -0.05) is 54.8 Å². The zero-order chi connectivity index (χ0) is 36.1. The highest BCUT2D eigenvalue weighted by Gasteiger charge is 2.39. The Hall–Kier alpha value is -5.16. The first-order valence-corrected chi connectivity index (χ1v) is 14.5. The van der Waals surface area contributed by atoms with Gasteiger partial charge in [-0.05, 0) is 50.3 Å². The molecule has 0 aliphatic heterocycles. The molecule has 1 aromatic heterocycles. The number of hydrogen-bond donors (Lipinski definition) is 7. The minimum absolute atomic E-state index is 0.0299. The summed E-state index contributed by atoms with van der Waals surface area (Å²) in [5.41, 5.74) is 8.69. The molecule has 2 unspecified atom stereocenters. The number of aromatic nitrogens is 2. The van der Waals surface area contributed by atoms with Crippen LogP contribution in [-0.4, -0.2) is 75.0 Å². The van der Waals surface area contributed by atoms with E-state index in [0.717, 1.165) is 55.0 Å². The molecule has 2 atom stereocenters. The second kappa shape index (κ2) is 17.7. The third kappa shape index (κ3) is 13.3. The fraction of sp³-hybridized carbons (Fsp3) is 0.400. The molecule has 4 rings (SSSR count). The average Bonchev–Trinajstić information content (AvgIpc) is 3.00. The van der Waals surface area contributed by atoms with Gasteiger partial charge in [0.25, 0.3) is 5.91 Å². The van der Waals surface area contributed by atoms with Crippen molar-refractivity contribution in [3.63, 3.8) is 0 Å². The molecule has 18 heteroatoms. The van der Waals surface area contributed by atoms with Crippen LogP contribution in [0.15, 0.2) is 48.5 Å². The Balaban J connectivity index is 0.000000479. The summed E-state index contributed by atoms with van der Waals surface area (Å²) in [5.74, 6) is -5.02. The van der Waals surface area contributed by atoms with E-state index in [1.165, 1.54) is 5.56 Å². The number of alkyl halides is 6. The summed E-state index contributed by atoms with van der Waals surface area (Å²) in [5, 5.41) is 32.4. The van der Waals surface area contributed by atoms with Crippen LogP contribution in [0.25, 0.3) is 10.9 Å². The van der Waals surface area contributed by atoms with Crippen molar-refractivity contribution in [3.8, 4) is 0 Å². The molecular weight excluding hydrogens is 652 g/mol. The van der Waals surface area contributed by atoms with Crippen LogP contribution in [0.4, 0.5) is 32.2 Å². The van der Waals surface area contributed by atoms with Crippen LogP contribution in [0.5, 0.6) is 0 Å². The highest BCUT2D eigenvalue weighted by molar-refractivity contribution is 5.96. The second-order valence-electron chi connectivity index (χ2n) is 10.6. The summed E-state index contributed by atoms with van der Waals surface area (Å²) >= 11 is 0. The van der Waals surface area contributed by atoms with Gasteiger partial charge >= 0.3 is 24.3 Å². The van der Waals surface area contributed by atoms with Crippen LogP contribution in [0.3, 0.4) is 0 Å². The van der Waals surface area contributed by atoms with Gasteiger partial charge in [-0.25, -0.2) is 19.6 Å². The SMILES string of the molecule is Cc1ccc2nc(C(=O)NCCCc3ccccc3)nc(NC3CCCCC3NC(=N)N)c2c1.O=C(O)C(F)(F)F.O=C(O)C(F)(F)F. The molecule has 1 saturated carbocycles. The molecule has 262 valence electrons. The van der Waals surface area contributed by atoms with Crippen molar-refractivity contribution in [3.05, 3.63) is 65.5 Å². The molecule has 1 fully saturated rings. The fourth-order valence-corrected chi connectivity index (χ4v) is 4.52. The molecule has 1 amide bonds. The number of carbonyl (C=O) groups is 3. The normalized spacial score (nSPS) is 15.9. The molecule has 3 aromatic rings.